The fourth-order valence-corrected chi connectivity index (χ4v) is 1.27. The minimum atomic E-state index is -1.17. The summed E-state index contributed by atoms with van der Waals surface area (Å²) in [6.07, 6.45) is -1.33. The van der Waals surface area contributed by atoms with Crippen LogP contribution in [0.4, 0.5) is 0 Å². The Hall–Kier alpha value is -0.990. The molecule has 1 rings (SSSR count). The molecule has 0 amide bonds. The minimum absolute atomic E-state index is 0.175. The van der Waals surface area contributed by atoms with Gasteiger partial charge in [-0.1, -0.05) is 13.5 Å². The number of carbonyl (C=O) groups is 1. The Morgan fingerprint density at radius 3 is 2.84 bits per heavy atom. The Kier molecular flexibility index (Phi) is 6.96. The van der Waals surface area contributed by atoms with Gasteiger partial charge in [0.1, 0.15) is 12.7 Å². The average molecular weight is 276 g/mol. The van der Waals surface area contributed by atoms with Gasteiger partial charge in [-0.05, 0) is 6.42 Å². The largest absolute Gasteiger partial charge is 0.460 e. The van der Waals surface area contributed by atoms with Gasteiger partial charge in [0, 0.05) is 12.7 Å². The van der Waals surface area contributed by atoms with Gasteiger partial charge >= 0.3 is 5.97 Å². The molecule has 0 radical (unpaired) electrons. The Morgan fingerprint density at radius 2 is 2.21 bits per heavy atom. The summed E-state index contributed by atoms with van der Waals surface area (Å²) < 4.78 is 19.9. The molecule has 110 valence electrons. The predicted octanol–water partition coefficient (Wildman–Crippen LogP) is -0.437. The first kappa shape index (κ1) is 16.1. The molecule has 4 unspecified atom stereocenters. The molecule has 1 aliphatic rings. The van der Waals surface area contributed by atoms with E-state index in [1.54, 1.807) is 0 Å². The van der Waals surface area contributed by atoms with E-state index in [9.17, 15) is 15.0 Å². The van der Waals surface area contributed by atoms with Gasteiger partial charge in [-0.2, -0.15) is 0 Å². The van der Waals surface area contributed by atoms with Gasteiger partial charge in [0.05, 0.1) is 6.61 Å². The third kappa shape index (κ3) is 6.13. The summed E-state index contributed by atoms with van der Waals surface area (Å²) in [6, 6.07) is 0. The van der Waals surface area contributed by atoms with E-state index in [1.165, 1.54) is 0 Å². The number of rotatable bonds is 10. The van der Waals surface area contributed by atoms with E-state index < -0.39 is 30.8 Å². The van der Waals surface area contributed by atoms with E-state index >= 15 is 0 Å². The maximum absolute atomic E-state index is 10.7. The summed E-state index contributed by atoms with van der Waals surface area (Å²) in [5.41, 5.74) is 0. The van der Waals surface area contributed by atoms with Crippen LogP contribution in [0.2, 0.25) is 0 Å². The zero-order valence-electron chi connectivity index (χ0n) is 10.9. The topological polar surface area (TPSA) is 97.8 Å². The van der Waals surface area contributed by atoms with E-state index in [0.29, 0.717) is 6.61 Å². The normalized spacial score (nSPS) is 24.6. The second-order valence-corrected chi connectivity index (χ2v) is 4.05. The smallest absolute Gasteiger partial charge is 0.330 e. The summed E-state index contributed by atoms with van der Waals surface area (Å²) in [4.78, 5) is 10.7. The molecule has 7 nitrogen and oxygen atoms in total. The Bertz CT molecular complexity index is 294. The maximum Gasteiger partial charge on any atom is 0.330 e. The summed E-state index contributed by atoms with van der Waals surface area (Å²) in [5.74, 6) is -0.627. The van der Waals surface area contributed by atoms with Gasteiger partial charge < -0.3 is 29.2 Å². The molecule has 4 atom stereocenters. The van der Waals surface area contributed by atoms with Crippen molar-refractivity contribution in [1.82, 2.24) is 0 Å². The fraction of sp³-hybridized carbons (Fsp3) is 0.750. The number of aliphatic hydroxyl groups excluding tert-OH is 2. The lowest BCUT2D eigenvalue weighted by atomic mass is 10.4. The molecule has 0 aromatic rings. The molecule has 0 aromatic carbocycles. The number of aliphatic hydroxyl groups is 2. The average Bonchev–Trinajstić information content (AvgIpc) is 3.19. The summed E-state index contributed by atoms with van der Waals surface area (Å²) in [7, 11) is 0. The van der Waals surface area contributed by atoms with Crippen molar-refractivity contribution in [1.29, 1.82) is 0 Å². The van der Waals surface area contributed by atoms with Crippen LogP contribution in [-0.2, 0) is 23.7 Å². The van der Waals surface area contributed by atoms with Crippen molar-refractivity contribution >= 4 is 5.97 Å². The van der Waals surface area contributed by atoms with Crippen molar-refractivity contribution in [2.45, 2.75) is 38.1 Å². The van der Waals surface area contributed by atoms with Gasteiger partial charge in [0.25, 0.3) is 0 Å². The molecule has 1 fully saturated rings. The van der Waals surface area contributed by atoms with Crippen molar-refractivity contribution in [3.8, 4) is 0 Å². The summed E-state index contributed by atoms with van der Waals surface area (Å²) >= 11 is 0. The Labute approximate surface area is 111 Å². The van der Waals surface area contributed by atoms with E-state index in [2.05, 4.69) is 11.3 Å². The van der Waals surface area contributed by atoms with E-state index in [0.717, 1.165) is 12.5 Å². The van der Waals surface area contributed by atoms with Gasteiger partial charge in [-0.15, -0.1) is 0 Å². The monoisotopic (exact) mass is 276 g/mol. The lowest BCUT2D eigenvalue weighted by Gasteiger charge is -2.14. The molecule has 1 heterocycles. The van der Waals surface area contributed by atoms with Crippen molar-refractivity contribution < 1.29 is 34.0 Å². The van der Waals surface area contributed by atoms with Crippen molar-refractivity contribution in [3.05, 3.63) is 12.7 Å². The van der Waals surface area contributed by atoms with Crippen LogP contribution in [0.5, 0.6) is 0 Å². The highest BCUT2D eigenvalue weighted by molar-refractivity contribution is 5.81. The summed E-state index contributed by atoms with van der Waals surface area (Å²) in [5, 5.41) is 19.0. The number of esters is 1. The van der Waals surface area contributed by atoms with Crippen LogP contribution in [0.25, 0.3) is 0 Å². The highest BCUT2D eigenvalue weighted by atomic mass is 16.8. The first-order valence-electron chi connectivity index (χ1n) is 6.12. The molecule has 0 aliphatic carbocycles. The molecule has 0 spiro atoms. The first-order chi connectivity index (χ1) is 9.08. The van der Waals surface area contributed by atoms with E-state index in [1.807, 2.05) is 6.92 Å². The van der Waals surface area contributed by atoms with E-state index in [-0.39, 0.29) is 13.2 Å². The number of hydrogen-bond acceptors (Lipinski definition) is 7. The molecule has 0 bridgehead atoms. The lowest BCUT2D eigenvalue weighted by molar-refractivity contribution is -0.152. The SMILES string of the molecule is C=CC(=O)OCC(O)COC(O)C1OC1OCCC. The van der Waals surface area contributed by atoms with Gasteiger partial charge in [0.15, 0.2) is 18.7 Å². The maximum atomic E-state index is 10.7. The van der Waals surface area contributed by atoms with E-state index in [4.69, 9.17) is 14.2 Å². The first-order valence-corrected chi connectivity index (χ1v) is 6.12. The Balaban J connectivity index is 2.08. The standard InChI is InChI=1S/C12H20O7/c1-3-5-16-12-10(19-12)11(15)18-7-8(13)6-17-9(14)4-2/h4,8,10-13,15H,2-3,5-7H2,1H3. The second-order valence-electron chi connectivity index (χ2n) is 4.05. The van der Waals surface area contributed by atoms with Crippen LogP contribution >= 0.6 is 0 Å². The zero-order chi connectivity index (χ0) is 14.3. The molecule has 19 heavy (non-hydrogen) atoms. The molecule has 1 aliphatic heterocycles. The van der Waals surface area contributed by atoms with Crippen molar-refractivity contribution in [3.63, 3.8) is 0 Å². The number of hydrogen-bond donors (Lipinski definition) is 2. The third-order valence-corrected chi connectivity index (χ3v) is 2.29. The molecule has 2 N–H and O–H groups in total. The van der Waals surface area contributed by atoms with Crippen LogP contribution in [0, 0.1) is 0 Å². The van der Waals surface area contributed by atoms with Crippen molar-refractivity contribution in [2.24, 2.45) is 0 Å². The molecular weight excluding hydrogens is 256 g/mol. The second kappa shape index (κ2) is 8.23. The Morgan fingerprint density at radius 1 is 1.47 bits per heavy atom. The highest BCUT2D eigenvalue weighted by Crippen LogP contribution is 2.27. The zero-order valence-corrected chi connectivity index (χ0v) is 10.9. The minimum Gasteiger partial charge on any atom is -0.460 e. The highest BCUT2D eigenvalue weighted by Gasteiger charge is 2.46. The van der Waals surface area contributed by atoms with Crippen LogP contribution in [0.15, 0.2) is 12.7 Å². The van der Waals surface area contributed by atoms with Gasteiger partial charge in [0.2, 0.25) is 0 Å². The third-order valence-electron chi connectivity index (χ3n) is 2.29. The number of epoxide rings is 1. The fourth-order valence-electron chi connectivity index (χ4n) is 1.27. The van der Waals surface area contributed by atoms with Crippen LogP contribution in [0.3, 0.4) is 0 Å². The molecule has 0 aromatic heterocycles. The number of ether oxygens (including phenoxy) is 4. The molecule has 0 saturated carbocycles. The predicted molar refractivity (Wildman–Crippen MR) is 64.0 cm³/mol. The number of carbonyl (C=O) groups excluding carboxylic acids is 1. The molecule has 1 saturated heterocycles. The van der Waals surface area contributed by atoms with Gasteiger partial charge in [-0.3, -0.25) is 0 Å². The lowest BCUT2D eigenvalue weighted by Crippen LogP contribution is -2.29. The van der Waals surface area contributed by atoms with Crippen molar-refractivity contribution in [2.75, 3.05) is 19.8 Å². The quantitative estimate of drug-likeness (QED) is 0.242. The van der Waals surface area contributed by atoms with Gasteiger partial charge in [-0.25, -0.2) is 4.79 Å². The summed E-state index contributed by atoms with van der Waals surface area (Å²) in [6.45, 7) is 5.33. The van der Waals surface area contributed by atoms with Crippen LogP contribution < -0.4 is 0 Å². The molecule has 7 heteroatoms. The van der Waals surface area contributed by atoms with Crippen LogP contribution in [-0.4, -0.2) is 60.8 Å². The van der Waals surface area contributed by atoms with Crippen LogP contribution in [0.1, 0.15) is 13.3 Å². The molecular formula is C12H20O7.